The molecule has 7 nitrogen and oxygen atoms in total. The molecule has 40 heavy (non-hydrogen) atoms. The van der Waals surface area contributed by atoms with Crippen molar-refractivity contribution in [1.82, 2.24) is 9.66 Å². The Morgan fingerprint density at radius 3 is 2.62 bits per heavy atom. The summed E-state index contributed by atoms with van der Waals surface area (Å²) in [5.74, 6) is 1.83. The summed E-state index contributed by atoms with van der Waals surface area (Å²) in [5, 5.41) is 6.36. The molecule has 0 fully saturated rings. The van der Waals surface area contributed by atoms with Crippen LogP contribution in [0.1, 0.15) is 16.7 Å². The van der Waals surface area contributed by atoms with Gasteiger partial charge in [0.2, 0.25) is 5.82 Å². The van der Waals surface area contributed by atoms with Crippen molar-refractivity contribution in [3.05, 3.63) is 123 Å². The minimum atomic E-state index is -0.319. The van der Waals surface area contributed by atoms with Crippen molar-refractivity contribution in [3.8, 4) is 23.1 Å². The second-order valence-electron chi connectivity index (χ2n) is 9.29. The first-order valence-corrected chi connectivity index (χ1v) is 13.0. The number of hydrogen-bond acceptors (Lipinski definition) is 6. The quantitative estimate of drug-likeness (QED) is 0.196. The number of hydrogen-bond donors (Lipinski definition) is 0. The van der Waals surface area contributed by atoms with Gasteiger partial charge in [-0.05, 0) is 72.6 Å². The standard InChI is InChI=1S/C32H24ClN3O4/c1-20-7-9-21(10-8-20)19-39-28-13-11-22(15-29(28)38-2)18-34-36-31(35-26-6-4-3-5-25(26)32(36)37)30-17-23-16-24(33)12-14-27(23)40-30/h3-18H,19H2,1-2H3. The molecule has 0 saturated carbocycles. The van der Waals surface area contributed by atoms with Crippen LogP contribution in [0.3, 0.4) is 0 Å². The fourth-order valence-electron chi connectivity index (χ4n) is 4.37. The maximum absolute atomic E-state index is 13.5. The highest BCUT2D eigenvalue weighted by Crippen LogP contribution is 2.30. The van der Waals surface area contributed by atoms with Gasteiger partial charge in [0.05, 0.1) is 24.2 Å². The lowest BCUT2D eigenvalue weighted by molar-refractivity contribution is 0.284. The van der Waals surface area contributed by atoms with Crippen LogP contribution in [-0.4, -0.2) is 23.0 Å². The zero-order valence-corrected chi connectivity index (χ0v) is 22.6. The van der Waals surface area contributed by atoms with E-state index in [0.29, 0.717) is 50.9 Å². The summed E-state index contributed by atoms with van der Waals surface area (Å²) in [7, 11) is 1.58. The SMILES string of the molecule is COc1cc(C=Nn2c(-c3cc4cc(Cl)ccc4o3)nc3ccccc3c2=O)ccc1OCc1ccc(C)cc1. The normalized spacial score (nSPS) is 11.5. The van der Waals surface area contributed by atoms with E-state index in [4.69, 9.17) is 30.5 Å². The Bertz CT molecular complexity index is 1940. The van der Waals surface area contributed by atoms with E-state index in [0.717, 1.165) is 10.9 Å². The van der Waals surface area contributed by atoms with E-state index in [-0.39, 0.29) is 11.4 Å². The molecule has 0 aliphatic heterocycles. The van der Waals surface area contributed by atoms with Crippen molar-refractivity contribution in [2.45, 2.75) is 13.5 Å². The van der Waals surface area contributed by atoms with Crippen LogP contribution in [0.15, 0.2) is 105 Å². The van der Waals surface area contributed by atoms with Gasteiger partial charge >= 0.3 is 0 Å². The smallest absolute Gasteiger partial charge is 0.282 e. The van der Waals surface area contributed by atoms with E-state index < -0.39 is 0 Å². The molecule has 0 radical (unpaired) electrons. The number of nitrogens with zero attached hydrogens (tertiary/aromatic N) is 3. The molecule has 2 heterocycles. The highest BCUT2D eigenvalue weighted by Gasteiger charge is 2.17. The summed E-state index contributed by atoms with van der Waals surface area (Å²) in [6.07, 6.45) is 1.58. The zero-order valence-electron chi connectivity index (χ0n) is 21.8. The van der Waals surface area contributed by atoms with Gasteiger partial charge in [-0.1, -0.05) is 53.6 Å². The Morgan fingerprint density at radius 2 is 1.80 bits per heavy atom. The number of methoxy groups -OCH3 is 1. The molecule has 2 aromatic heterocycles. The van der Waals surface area contributed by atoms with E-state index in [1.165, 1.54) is 10.2 Å². The van der Waals surface area contributed by atoms with E-state index in [9.17, 15) is 4.79 Å². The number of halogens is 1. The molecule has 0 amide bonds. The summed E-state index contributed by atoms with van der Waals surface area (Å²) in [6.45, 7) is 2.46. The lowest BCUT2D eigenvalue weighted by Gasteiger charge is -2.12. The number of ether oxygens (including phenoxy) is 2. The molecule has 0 unspecified atom stereocenters. The van der Waals surface area contributed by atoms with Gasteiger partial charge in [0.15, 0.2) is 17.3 Å². The fraction of sp³-hybridized carbons (Fsp3) is 0.0938. The maximum Gasteiger partial charge on any atom is 0.282 e. The topological polar surface area (TPSA) is 78.9 Å². The molecule has 8 heteroatoms. The van der Waals surface area contributed by atoms with Gasteiger partial charge in [-0.25, -0.2) is 4.98 Å². The van der Waals surface area contributed by atoms with E-state index >= 15 is 0 Å². The van der Waals surface area contributed by atoms with Crippen LogP contribution < -0.4 is 15.0 Å². The number of furan rings is 1. The summed E-state index contributed by atoms with van der Waals surface area (Å²) < 4.78 is 18.8. The molecule has 198 valence electrons. The third kappa shape index (κ3) is 5.07. The molecular weight excluding hydrogens is 526 g/mol. The lowest BCUT2D eigenvalue weighted by Crippen LogP contribution is -2.20. The third-order valence-electron chi connectivity index (χ3n) is 6.48. The van der Waals surface area contributed by atoms with Gasteiger partial charge in [0, 0.05) is 10.4 Å². The van der Waals surface area contributed by atoms with E-state index in [1.807, 2.05) is 49.4 Å². The van der Waals surface area contributed by atoms with Gasteiger partial charge in [-0.2, -0.15) is 9.78 Å². The molecule has 0 atom stereocenters. The summed E-state index contributed by atoms with van der Waals surface area (Å²) in [4.78, 5) is 18.3. The van der Waals surface area contributed by atoms with Crippen molar-refractivity contribution in [2.75, 3.05) is 7.11 Å². The molecule has 0 spiro atoms. The van der Waals surface area contributed by atoms with Crippen LogP contribution in [0.2, 0.25) is 5.02 Å². The first-order chi connectivity index (χ1) is 19.5. The lowest BCUT2D eigenvalue weighted by atomic mass is 10.2. The molecule has 0 N–H and O–H groups in total. The largest absolute Gasteiger partial charge is 0.493 e. The Kier molecular flexibility index (Phi) is 6.80. The average molecular weight is 550 g/mol. The fourth-order valence-corrected chi connectivity index (χ4v) is 4.55. The number of benzene rings is 4. The first-order valence-electron chi connectivity index (χ1n) is 12.6. The molecular formula is C32H24ClN3O4. The first kappa shape index (κ1) is 25.4. The second kappa shape index (κ2) is 10.7. The summed E-state index contributed by atoms with van der Waals surface area (Å²) in [6, 6.07) is 27.9. The van der Waals surface area contributed by atoms with Gasteiger partial charge in [0.1, 0.15) is 12.2 Å². The average Bonchev–Trinajstić information content (AvgIpc) is 3.39. The zero-order chi connectivity index (χ0) is 27.6. The summed E-state index contributed by atoms with van der Waals surface area (Å²) in [5.41, 5.74) is 3.81. The van der Waals surface area contributed by atoms with Crippen LogP contribution in [0.25, 0.3) is 33.5 Å². The molecule has 6 rings (SSSR count). The number of para-hydroxylation sites is 1. The highest BCUT2D eigenvalue weighted by atomic mass is 35.5. The number of aromatic nitrogens is 2. The minimum absolute atomic E-state index is 0.275. The van der Waals surface area contributed by atoms with Crippen LogP contribution >= 0.6 is 11.6 Å². The van der Waals surface area contributed by atoms with Crippen molar-refractivity contribution in [3.63, 3.8) is 0 Å². The number of rotatable bonds is 7. The predicted molar refractivity (Wildman–Crippen MR) is 158 cm³/mol. The van der Waals surface area contributed by atoms with Gasteiger partial charge in [-0.15, -0.1) is 0 Å². The molecule has 6 aromatic rings. The van der Waals surface area contributed by atoms with E-state index in [2.05, 4.69) is 5.10 Å². The molecule has 0 aliphatic carbocycles. The maximum atomic E-state index is 13.5. The van der Waals surface area contributed by atoms with Crippen LogP contribution in [0, 0.1) is 6.92 Å². The van der Waals surface area contributed by atoms with Crippen molar-refractivity contribution < 1.29 is 13.9 Å². The highest BCUT2D eigenvalue weighted by molar-refractivity contribution is 6.31. The molecule has 0 saturated heterocycles. The number of fused-ring (bicyclic) bond motifs is 2. The van der Waals surface area contributed by atoms with Crippen LogP contribution in [-0.2, 0) is 6.61 Å². The molecule has 4 aromatic carbocycles. The van der Waals surface area contributed by atoms with Crippen LogP contribution in [0.4, 0.5) is 0 Å². The van der Waals surface area contributed by atoms with Crippen molar-refractivity contribution >= 4 is 39.7 Å². The number of aryl methyl sites for hydroxylation is 1. The van der Waals surface area contributed by atoms with Crippen molar-refractivity contribution in [2.24, 2.45) is 5.10 Å². The van der Waals surface area contributed by atoms with Gasteiger partial charge in [0.25, 0.3) is 5.56 Å². The Balaban J connectivity index is 1.36. The second-order valence-corrected chi connectivity index (χ2v) is 9.73. The van der Waals surface area contributed by atoms with Crippen LogP contribution in [0.5, 0.6) is 11.5 Å². The monoisotopic (exact) mass is 549 g/mol. The Morgan fingerprint density at radius 1 is 0.975 bits per heavy atom. The van der Waals surface area contributed by atoms with E-state index in [1.54, 1.807) is 61.9 Å². The van der Waals surface area contributed by atoms with Gasteiger partial charge < -0.3 is 13.9 Å². The molecule has 0 bridgehead atoms. The molecule has 0 aliphatic rings. The predicted octanol–water partition coefficient (Wildman–Crippen LogP) is 7.24. The minimum Gasteiger partial charge on any atom is -0.493 e. The van der Waals surface area contributed by atoms with Gasteiger partial charge in [-0.3, -0.25) is 4.79 Å². The Labute approximate surface area is 234 Å². The van der Waals surface area contributed by atoms with Crippen molar-refractivity contribution in [1.29, 1.82) is 0 Å². The Hall–Kier alpha value is -4.88. The third-order valence-corrected chi connectivity index (χ3v) is 6.71. The summed E-state index contributed by atoms with van der Waals surface area (Å²) >= 11 is 6.16.